The van der Waals surface area contributed by atoms with Gasteiger partial charge in [-0.25, -0.2) is 0 Å². The van der Waals surface area contributed by atoms with Crippen LogP contribution >= 0.6 is 0 Å². The molecule has 1 N–H and O–H groups in total. The molecule has 0 radical (unpaired) electrons. The Bertz CT molecular complexity index is 607. The van der Waals surface area contributed by atoms with Gasteiger partial charge in [0.1, 0.15) is 0 Å². The number of nitriles is 1. The Morgan fingerprint density at radius 2 is 1.74 bits per heavy atom. The van der Waals surface area contributed by atoms with Crippen LogP contribution in [-0.4, -0.2) is 5.91 Å². The second-order valence-corrected chi connectivity index (χ2v) is 4.35. The Morgan fingerprint density at radius 3 is 2.32 bits per heavy atom. The molecule has 3 nitrogen and oxygen atoms in total. The molecular weight excluding hydrogens is 236 g/mol. The SMILES string of the molecule is Cc1ccc(C(=O)Nc2ccc(CC#N)cc2)cc1. The van der Waals surface area contributed by atoms with Gasteiger partial charge in [-0.05, 0) is 36.8 Å². The number of hydrogen-bond donors (Lipinski definition) is 1. The molecule has 0 fully saturated rings. The lowest BCUT2D eigenvalue weighted by Crippen LogP contribution is -2.11. The Labute approximate surface area is 112 Å². The average molecular weight is 250 g/mol. The van der Waals surface area contributed by atoms with Crippen LogP contribution in [0.1, 0.15) is 21.5 Å². The van der Waals surface area contributed by atoms with Gasteiger partial charge in [-0.2, -0.15) is 5.26 Å². The highest BCUT2D eigenvalue weighted by molar-refractivity contribution is 6.04. The van der Waals surface area contributed by atoms with Crippen molar-refractivity contribution < 1.29 is 4.79 Å². The lowest BCUT2D eigenvalue weighted by atomic mass is 10.1. The lowest BCUT2D eigenvalue weighted by Gasteiger charge is -2.06. The Morgan fingerprint density at radius 1 is 1.11 bits per heavy atom. The third kappa shape index (κ3) is 3.43. The molecule has 0 aliphatic heterocycles. The van der Waals surface area contributed by atoms with E-state index in [1.54, 1.807) is 24.3 Å². The molecule has 0 bridgehead atoms. The Hall–Kier alpha value is -2.60. The van der Waals surface area contributed by atoms with E-state index in [1.165, 1.54) is 0 Å². The maximum Gasteiger partial charge on any atom is 0.255 e. The smallest absolute Gasteiger partial charge is 0.255 e. The summed E-state index contributed by atoms with van der Waals surface area (Å²) in [7, 11) is 0. The topological polar surface area (TPSA) is 52.9 Å². The van der Waals surface area contributed by atoms with Crippen LogP contribution in [0.3, 0.4) is 0 Å². The molecule has 0 spiro atoms. The second kappa shape index (κ2) is 5.83. The first-order chi connectivity index (χ1) is 9.19. The van der Waals surface area contributed by atoms with Crippen molar-refractivity contribution in [3.05, 3.63) is 65.2 Å². The van der Waals surface area contributed by atoms with Crippen LogP contribution in [0.25, 0.3) is 0 Å². The molecule has 2 rings (SSSR count). The first-order valence-corrected chi connectivity index (χ1v) is 6.03. The number of benzene rings is 2. The van der Waals surface area contributed by atoms with E-state index in [0.29, 0.717) is 12.0 Å². The van der Waals surface area contributed by atoms with Crippen molar-refractivity contribution in [3.63, 3.8) is 0 Å². The number of amides is 1. The number of nitrogens with zero attached hydrogens (tertiary/aromatic N) is 1. The summed E-state index contributed by atoms with van der Waals surface area (Å²) in [5.41, 5.74) is 3.42. The Balaban J connectivity index is 2.06. The van der Waals surface area contributed by atoms with Gasteiger partial charge in [-0.3, -0.25) is 4.79 Å². The molecule has 94 valence electrons. The molecule has 0 aliphatic rings. The number of rotatable bonds is 3. The van der Waals surface area contributed by atoms with Gasteiger partial charge in [-0.1, -0.05) is 29.8 Å². The second-order valence-electron chi connectivity index (χ2n) is 4.35. The summed E-state index contributed by atoms with van der Waals surface area (Å²) in [6.45, 7) is 1.98. The standard InChI is InChI=1S/C16H14N2O/c1-12-2-6-14(7-3-12)16(19)18-15-8-4-13(5-9-15)10-11-17/h2-9H,10H2,1H3,(H,18,19). The maximum atomic E-state index is 12.0. The van der Waals surface area contributed by atoms with Crippen molar-refractivity contribution in [2.75, 3.05) is 5.32 Å². The van der Waals surface area contributed by atoms with Gasteiger partial charge in [0.25, 0.3) is 5.91 Å². The van der Waals surface area contributed by atoms with Gasteiger partial charge in [0.05, 0.1) is 12.5 Å². The molecule has 0 atom stereocenters. The molecule has 0 unspecified atom stereocenters. The van der Waals surface area contributed by atoms with Gasteiger partial charge in [0.15, 0.2) is 0 Å². The van der Waals surface area contributed by atoms with Crippen molar-refractivity contribution >= 4 is 11.6 Å². The molecule has 19 heavy (non-hydrogen) atoms. The first-order valence-electron chi connectivity index (χ1n) is 6.03. The first kappa shape index (κ1) is 12.8. The van der Waals surface area contributed by atoms with Gasteiger partial charge in [0.2, 0.25) is 0 Å². The minimum absolute atomic E-state index is 0.131. The van der Waals surface area contributed by atoms with Crippen LogP contribution in [0.5, 0.6) is 0 Å². The number of anilines is 1. The van der Waals surface area contributed by atoms with Crippen molar-refractivity contribution in [3.8, 4) is 6.07 Å². The predicted octanol–water partition coefficient (Wildman–Crippen LogP) is 3.31. The van der Waals surface area contributed by atoms with Crippen LogP contribution in [0.15, 0.2) is 48.5 Å². The van der Waals surface area contributed by atoms with Crippen molar-refractivity contribution in [2.45, 2.75) is 13.3 Å². The van der Waals surface area contributed by atoms with E-state index < -0.39 is 0 Å². The average Bonchev–Trinajstić information content (AvgIpc) is 2.42. The highest BCUT2D eigenvalue weighted by atomic mass is 16.1. The summed E-state index contributed by atoms with van der Waals surface area (Å²) in [5, 5.41) is 11.4. The largest absolute Gasteiger partial charge is 0.322 e. The zero-order valence-electron chi connectivity index (χ0n) is 10.7. The zero-order chi connectivity index (χ0) is 13.7. The van der Waals surface area contributed by atoms with Gasteiger partial charge >= 0.3 is 0 Å². The molecule has 2 aromatic carbocycles. The molecule has 2 aromatic rings. The maximum absolute atomic E-state index is 12.0. The van der Waals surface area contributed by atoms with Crippen molar-refractivity contribution in [2.24, 2.45) is 0 Å². The summed E-state index contributed by atoms with van der Waals surface area (Å²) in [5.74, 6) is -0.131. The highest BCUT2D eigenvalue weighted by Crippen LogP contribution is 2.12. The fraction of sp³-hybridized carbons (Fsp3) is 0.125. The Kier molecular flexibility index (Phi) is 3.94. The normalized spacial score (nSPS) is 9.68. The van der Waals surface area contributed by atoms with Crippen LogP contribution < -0.4 is 5.32 Å². The van der Waals surface area contributed by atoms with E-state index in [2.05, 4.69) is 11.4 Å². The number of carbonyl (C=O) groups excluding carboxylic acids is 1. The number of nitrogens with one attached hydrogen (secondary N) is 1. The summed E-state index contributed by atoms with van der Waals surface area (Å²) < 4.78 is 0. The molecule has 0 aromatic heterocycles. The highest BCUT2D eigenvalue weighted by Gasteiger charge is 2.05. The van der Waals surface area contributed by atoms with Crippen molar-refractivity contribution in [1.82, 2.24) is 0 Å². The van der Waals surface area contributed by atoms with E-state index in [4.69, 9.17) is 5.26 Å². The van der Waals surface area contributed by atoms with Crippen LogP contribution in [0.2, 0.25) is 0 Å². The fourth-order valence-corrected chi connectivity index (χ4v) is 1.71. The number of hydrogen-bond acceptors (Lipinski definition) is 2. The molecule has 0 heterocycles. The van der Waals surface area contributed by atoms with E-state index in [0.717, 1.165) is 16.8 Å². The van der Waals surface area contributed by atoms with E-state index in [-0.39, 0.29) is 5.91 Å². The quantitative estimate of drug-likeness (QED) is 0.908. The molecule has 3 heteroatoms. The summed E-state index contributed by atoms with van der Waals surface area (Å²) in [6.07, 6.45) is 0.381. The molecule has 0 aliphatic carbocycles. The zero-order valence-corrected chi connectivity index (χ0v) is 10.7. The van der Waals surface area contributed by atoms with Gasteiger partial charge in [0, 0.05) is 11.3 Å². The van der Waals surface area contributed by atoms with E-state index >= 15 is 0 Å². The predicted molar refractivity (Wildman–Crippen MR) is 74.9 cm³/mol. The van der Waals surface area contributed by atoms with Crippen LogP contribution in [-0.2, 0) is 6.42 Å². The monoisotopic (exact) mass is 250 g/mol. The van der Waals surface area contributed by atoms with Crippen LogP contribution in [0, 0.1) is 18.3 Å². The van der Waals surface area contributed by atoms with E-state index in [9.17, 15) is 4.79 Å². The minimum Gasteiger partial charge on any atom is -0.322 e. The minimum atomic E-state index is -0.131. The van der Waals surface area contributed by atoms with Gasteiger partial charge < -0.3 is 5.32 Å². The molecule has 1 amide bonds. The fourth-order valence-electron chi connectivity index (χ4n) is 1.71. The van der Waals surface area contributed by atoms with Crippen LogP contribution in [0.4, 0.5) is 5.69 Å². The van der Waals surface area contributed by atoms with Gasteiger partial charge in [-0.15, -0.1) is 0 Å². The number of aryl methyl sites for hydroxylation is 1. The summed E-state index contributed by atoms with van der Waals surface area (Å²) >= 11 is 0. The molecule has 0 saturated heterocycles. The van der Waals surface area contributed by atoms with E-state index in [1.807, 2.05) is 31.2 Å². The molecular formula is C16H14N2O. The lowest BCUT2D eigenvalue weighted by molar-refractivity contribution is 0.102. The summed E-state index contributed by atoms with van der Waals surface area (Å²) in [6, 6.07) is 16.8. The summed E-state index contributed by atoms with van der Waals surface area (Å²) in [4.78, 5) is 12.0. The third-order valence-electron chi connectivity index (χ3n) is 2.81. The van der Waals surface area contributed by atoms with Crippen molar-refractivity contribution in [1.29, 1.82) is 5.26 Å². The molecule has 0 saturated carbocycles. The third-order valence-corrected chi connectivity index (χ3v) is 2.81. The number of carbonyl (C=O) groups is 1.